The average Bonchev–Trinajstić information content (AvgIpc) is 2.47. The largest absolute Gasteiger partial charge is 0.490 e. The minimum absolute atomic E-state index is 0.269. The van der Waals surface area contributed by atoms with Crippen LogP contribution in [0.2, 0.25) is 0 Å². The lowest BCUT2D eigenvalue weighted by molar-refractivity contribution is 0.191. The summed E-state index contributed by atoms with van der Waals surface area (Å²) < 4.78 is 11.5. The number of nitrogens with one attached hydrogen (secondary N) is 1. The van der Waals surface area contributed by atoms with Crippen molar-refractivity contribution in [3.05, 3.63) is 24.3 Å². The Bertz CT molecular complexity index is 406. The van der Waals surface area contributed by atoms with Crippen LogP contribution >= 0.6 is 0 Å². The van der Waals surface area contributed by atoms with Crippen LogP contribution < -0.4 is 14.8 Å². The lowest BCUT2D eigenvalue weighted by Crippen LogP contribution is -2.36. The summed E-state index contributed by atoms with van der Waals surface area (Å²) in [4.78, 5) is 0. The van der Waals surface area contributed by atoms with Gasteiger partial charge in [0.25, 0.3) is 0 Å². The summed E-state index contributed by atoms with van der Waals surface area (Å²) in [5, 5.41) is 3.54. The molecule has 1 aromatic rings. The van der Waals surface area contributed by atoms with Gasteiger partial charge in [-0.05, 0) is 37.3 Å². The molecule has 0 aliphatic heterocycles. The van der Waals surface area contributed by atoms with Crippen molar-refractivity contribution < 1.29 is 9.47 Å². The predicted molar refractivity (Wildman–Crippen MR) is 89.3 cm³/mol. The van der Waals surface area contributed by atoms with Gasteiger partial charge in [-0.15, -0.1) is 0 Å². The van der Waals surface area contributed by atoms with Crippen molar-refractivity contribution in [3.63, 3.8) is 0 Å². The summed E-state index contributed by atoms with van der Waals surface area (Å²) in [6, 6.07) is 8.41. The number of ether oxygens (including phenoxy) is 2. The molecule has 3 heteroatoms. The molecule has 1 atom stereocenters. The maximum atomic E-state index is 5.94. The lowest BCUT2D eigenvalue weighted by atomic mass is 9.84. The van der Waals surface area contributed by atoms with Gasteiger partial charge < -0.3 is 14.8 Å². The molecule has 21 heavy (non-hydrogen) atoms. The van der Waals surface area contributed by atoms with Crippen molar-refractivity contribution >= 4 is 0 Å². The van der Waals surface area contributed by atoms with Crippen LogP contribution in [0.3, 0.4) is 0 Å². The summed E-state index contributed by atoms with van der Waals surface area (Å²) >= 11 is 0. The minimum atomic E-state index is 0.269. The Morgan fingerprint density at radius 2 is 1.71 bits per heavy atom. The van der Waals surface area contributed by atoms with Crippen molar-refractivity contribution in [2.75, 3.05) is 19.8 Å². The highest BCUT2D eigenvalue weighted by molar-refractivity contribution is 5.39. The van der Waals surface area contributed by atoms with Crippen LogP contribution in [0.25, 0.3) is 0 Å². The first kappa shape index (κ1) is 17.8. The second-order valence-corrected chi connectivity index (χ2v) is 6.18. The van der Waals surface area contributed by atoms with E-state index in [1.54, 1.807) is 0 Å². The van der Waals surface area contributed by atoms with E-state index in [-0.39, 0.29) is 5.41 Å². The van der Waals surface area contributed by atoms with Crippen LogP contribution in [-0.4, -0.2) is 25.8 Å². The van der Waals surface area contributed by atoms with Crippen LogP contribution in [0.15, 0.2) is 24.3 Å². The summed E-state index contributed by atoms with van der Waals surface area (Å²) in [5.74, 6) is 1.67. The van der Waals surface area contributed by atoms with Gasteiger partial charge >= 0.3 is 0 Å². The van der Waals surface area contributed by atoms with Crippen molar-refractivity contribution in [3.8, 4) is 11.5 Å². The first-order valence-electron chi connectivity index (χ1n) is 8.08. The fourth-order valence-electron chi connectivity index (χ4n) is 2.09. The molecule has 0 fully saturated rings. The standard InChI is InChI=1S/C18H31NO2/c1-6-18(5,14-19-15(3)4)12-13-21-17-11-9-8-10-16(17)20-7-2/h8-11,15,19H,6-7,12-14H2,1-5H3. The van der Waals surface area contributed by atoms with E-state index in [1.807, 2.05) is 31.2 Å². The molecule has 0 radical (unpaired) electrons. The normalized spacial score (nSPS) is 14.0. The van der Waals surface area contributed by atoms with Gasteiger partial charge in [0.2, 0.25) is 0 Å². The SMILES string of the molecule is CCOc1ccccc1OCCC(C)(CC)CNC(C)C. The third kappa shape index (κ3) is 6.38. The zero-order chi connectivity index (χ0) is 15.7. The Morgan fingerprint density at radius 3 is 2.24 bits per heavy atom. The summed E-state index contributed by atoms with van der Waals surface area (Å²) in [6.45, 7) is 13.3. The molecular formula is C18H31NO2. The van der Waals surface area contributed by atoms with Gasteiger partial charge in [0.1, 0.15) is 0 Å². The van der Waals surface area contributed by atoms with Crippen LogP contribution in [-0.2, 0) is 0 Å². The van der Waals surface area contributed by atoms with Crippen molar-refractivity contribution in [2.45, 2.75) is 53.5 Å². The van der Waals surface area contributed by atoms with Gasteiger partial charge in [0.15, 0.2) is 11.5 Å². The summed E-state index contributed by atoms with van der Waals surface area (Å²) in [5.41, 5.74) is 0.269. The van der Waals surface area contributed by atoms with E-state index < -0.39 is 0 Å². The maximum Gasteiger partial charge on any atom is 0.161 e. The molecule has 3 nitrogen and oxygen atoms in total. The molecule has 0 bridgehead atoms. The predicted octanol–water partition coefficient (Wildman–Crippen LogP) is 4.27. The molecule has 1 rings (SSSR count). The molecule has 0 saturated heterocycles. The van der Waals surface area contributed by atoms with E-state index in [2.05, 4.69) is 33.0 Å². The highest BCUT2D eigenvalue weighted by Gasteiger charge is 2.22. The third-order valence-corrected chi connectivity index (χ3v) is 3.90. The van der Waals surface area contributed by atoms with E-state index in [4.69, 9.17) is 9.47 Å². The van der Waals surface area contributed by atoms with E-state index in [0.29, 0.717) is 19.3 Å². The van der Waals surface area contributed by atoms with Crippen LogP contribution in [0.4, 0.5) is 0 Å². The smallest absolute Gasteiger partial charge is 0.161 e. The molecule has 0 spiro atoms. The molecule has 120 valence electrons. The highest BCUT2D eigenvalue weighted by Crippen LogP contribution is 2.29. The van der Waals surface area contributed by atoms with Crippen LogP contribution in [0.1, 0.15) is 47.5 Å². The summed E-state index contributed by atoms with van der Waals surface area (Å²) in [6.07, 6.45) is 2.17. The van der Waals surface area contributed by atoms with E-state index in [0.717, 1.165) is 30.9 Å². The molecule has 0 aliphatic carbocycles. The monoisotopic (exact) mass is 293 g/mol. The van der Waals surface area contributed by atoms with Crippen LogP contribution in [0.5, 0.6) is 11.5 Å². The van der Waals surface area contributed by atoms with E-state index >= 15 is 0 Å². The van der Waals surface area contributed by atoms with Gasteiger partial charge in [-0.25, -0.2) is 0 Å². The number of benzene rings is 1. The third-order valence-electron chi connectivity index (χ3n) is 3.90. The first-order valence-corrected chi connectivity index (χ1v) is 8.08. The molecule has 0 aromatic heterocycles. The second kappa shape index (κ2) is 8.93. The quantitative estimate of drug-likeness (QED) is 0.699. The Morgan fingerprint density at radius 1 is 1.10 bits per heavy atom. The Kier molecular flexibility index (Phi) is 7.58. The molecular weight excluding hydrogens is 262 g/mol. The molecule has 0 heterocycles. The van der Waals surface area contributed by atoms with Crippen molar-refractivity contribution in [2.24, 2.45) is 5.41 Å². The van der Waals surface area contributed by atoms with E-state index in [1.165, 1.54) is 0 Å². The molecule has 0 saturated carbocycles. The lowest BCUT2D eigenvalue weighted by Gasteiger charge is -2.29. The molecule has 1 N–H and O–H groups in total. The fraction of sp³-hybridized carbons (Fsp3) is 0.667. The van der Waals surface area contributed by atoms with Gasteiger partial charge in [-0.1, -0.05) is 39.8 Å². The second-order valence-electron chi connectivity index (χ2n) is 6.18. The van der Waals surface area contributed by atoms with Gasteiger partial charge in [0.05, 0.1) is 13.2 Å². The van der Waals surface area contributed by atoms with E-state index in [9.17, 15) is 0 Å². The maximum absolute atomic E-state index is 5.94. The zero-order valence-corrected chi connectivity index (χ0v) is 14.2. The number of para-hydroxylation sites is 2. The Balaban J connectivity index is 2.51. The fourth-order valence-corrected chi connectivity index (χ4v) is 2.09. The topological polar surface area (TPSA) is 30.5 Å². The zero-order valence-electron chi connectivity index (χ0n) is 14.2. The molecule has 0 aliphatic rings. The van der Waals surface area contributed by atoms with Gasteiger partial charge in [0, 0.05) is 12.6 Å². The average molecular weight is 293 g/mol. The number of hydrogen-bond acceptors (Lipinski definition) is 3. The minimum Gasteiger partial charge on any atom is -0.490 e. The molecule has 1 unspecified atom stereocenters. The molecule has 1 aromatic carbocycles. The Hall–Kier alpha value is -1.22. The van der Waals surface area contributed by atoms with Crippen molar-refractivity contribution in [1.82, 2.24) is 5.32 Å². The van der Waals surface area contributed by atoms with Crippen molar-refractivity contribution in [1.29, 1.82) is 0 Å². The Labute approximate surface area is 130 Å². The number of rotatable bonds is 10. The van der Waals surface area contributed by atoms with Gasteiger partial charge in [-0.2, -0.15) is 0 Å². The summed E-state index contributed by atoms with van der Waals surface area (Å²) in [7, 11) is 0. The van der Waals surface area contributed by atoms with Crippen LogP contribution in [0, 0.1) is 5.41 Å². The van der Waals surface area contributed by atoms with Gasteiger partial charge in [-0.3, -0.25) is 0 Å². The highest BCUT2D eigenvalue weighted by atomic mass is 16.5. The first-order chi connectivity index (χ1) is 10.0. The number of hydrogen-bond donors (Lipinski definition) is 1. The molecule has 0 amide bonds.